The van der Waals surface area contributed by atoms with E-state index in [2.05, 4.69) is 35.1 Å². The van der Waals surface area contributed by atoms with Gasteiger partial charge in [-0.25, -0.2) is 0 Å². The standard InChI is InChI=1S/C13H20BrNO2/c1-8(2)12(15-3)13(16)10-7-9(14)5-6-11(10)17-4/h5-8,12-13,15-16H,1-4H3. The number of benzene rings is 1. The van der Waals surface area contributed by atoms with Crippen LogP contribution in [0.25, 0.3) is 0 Å². The largest absolute Gasteiger partial charge is 0.496 e. The van der Waals surface area contributed by atoms with E-state index in [1.54, 1.807) is 7.11 Å². The Morgan fingerprint density at radius 3 is 2.47 bits per heavy atom. The molecule has 1 aromatic rings. The van der Waals surface area contributed by atoms with Gasteiger partial charge in [0.05, 0.1) is 13.2 Å². The zero-order valence-electron chi connectivity index (χ0n) is 10.7. The van der Waals surface area contributed by atoms with Gasteiger partial charge in [-0.1, -0.05) is 29.8 Å². The molecule has 3 nitrogen and oxygen atoms in total. The molecule has 0 aliphatic rings. The van der Waals surface area contributed by atoms with Crippen LogP contribution in [0.5, 0.6) is 5.75 Å². The topological polar surface area (TPSA) is 41.5 Å². The van der Waals surface area contributed by atoms with Gasteiger partial charge in [-0.05, 0) is 31.2 Å². The molecule has 0 radical (unpaired) electrons. The molecule has 1 rings (SSSR count). The Morgan fingerprint density at radius 1 is 1.35 bits per heavy atom. The fourth-order valence-corrected chi connectivity index (χ4v) is 2.36. The third kappa shape index (κ3) is 3.44. The molecule has 0 saturated carbocycles. The molecule has 0 spiro atoms. The summed E-state index contributed by atoms with van der Waals surface area (Å²) < 4.78 is 6.22. The third-order valence-electron chi connectivity index (χ3n) is 2.90. The van der Waals surface area contributed by atoms with Crippen molar-refractivity contribution in [3.8, 4) is 5.75 Å². The van der Waals surface area contributed by atoms with Crippen LogP contribution in [0.1, 0.15) is 25.5 Å². The molecule has 0 saturated heterocycles. The van der Waals surface area contributed by atoms with Crippen molar-refractivity contribution in [2.75, 3.05) is 14.2 Å². The number of rotatable bonds is 5. The second-order valence-electron chi connectivity index (χ2n) is 4.39. The van der Waals surface area contributed by atoms with Crippen LogP contribution >= 0.6 is 15.9 Å². The van der Waals surface area contributed by atoms with Gasteiger partial charge in [0.25, 0.3) is 0 Å². The molecule has 0 fully saturated rings. The van der Waals surface area contributed by atoms with Gasteiger partial charge in [0.15, 0.2) is 0 Å². The minimum absolute atomic E-state index is 0.00167. The first kappa shape index (κ1) is 14.5. The van der Waals surface area contributed by atoms with Crippen molar-refractivity contribution in [3.05, 3.63) is 28.2 Å². The minimum atomic E-state index is -0.590. The molecule has 0 bridgehead atoms. The molecule has 0 aromatic heterocycles. The van der Waals surface area contributed by atoms with Crippen molar-refractivity contribution in [2.45, 2.75) is 26.0 Å². The van der Waals surface area contributed by atoms with Crippen molar-refractivity contribution in [3.63, 3.8) is 0 Å². The predicted molar refractivity (Wildman–Crippen MR) is 73.3 cm³/mol. The maximum Gasteiger partial charge on any atom is 0.124 e. The maximum atomic E-state index is 10.4. The summed E-state index contributed by atoms with van der Waals surface area (Å²) in [5.74, 6) is 1.04. The lowest BCUT2D eigenvalue weighted by molar-refractivity contribution is 0.107. The molecule has 4 heteroatoms. The highest BCUT2D eigenvalue weighted by molar-refractivity contribution is 9.10. The molecule has 17 heavy (non-hydrogen) atoms. The Morgan fingerprint density at radius 2 is 2.00 bits per heavy atom. The lowest BCUT2D eigenvalue weighted by Gasteiger charge is -2.27. The van der Waals surface area contributed by atoms with Crippen LogP contribution in [-0.2, 0) is 0 Å². The van der Waals surface area contributed by atoms with Crippen LogP contribution in [-0.4, -0.2) is 25.3 Å². The molecule has 0 heterocycles. The van der Waals surface area contributed by atoms with E-state index in [0.29, 0.717) is 11.7 Å². The van der Waals surface area contributed by atoms with Gasteiger partial charge in [-0.3, -0.25) is 0 Å². The highest BCUT2D eigenvalue weighted by Gasteiger charge is 2.25. The highest BCUT2D eigenvalue weighted by atomic mass is 79.9. The van der Waals surface area contributed by atoms with E-state index in [1.165, 1.54) is 0 Å². The molecule has 2 unspecified atom stereocenters. The van der Waals surface area contributed by atoms with Crippen molar-refractivity contribution < 1.29 is 9.84 Å². The minimum Gasteiger partial charge on any atom is -0.496 e. The van der Waals surface area contributed by atoms with Gasteiger partial charge in [-0.15, -0.1) is 0 Å². The van der Waals surface area contributed by atoms with E-state index in [9.17, 15) is 5.11 Å². The van der Waals surface area contributed by atoms with Gasteiger partial charge in [0.1, 0.15) is 5.75 Å². The number of likely N-dealkylation sites (N-methyl/N-ethyl adjacent to an activating group) is 1. The molecule has 0 aliphatic carbocycles. The molecule has 0 amide bonds. The zero-order chi connectivity index (χ0) is 13.0. The van der Waals surface area contributed by atoms with Crippen LogP contribution in [0, 0.1) is 5.92 Å². The molecule has 2 atom stereocenters. The number of methoxy groups -OCH3 is 1. The summed E-state index contributed by atoms with van der Waals surface area (Å²) in [6, 6.07) is 5.66. The zero-order valence-corrected chi connectivity index (χ0v) is 12.3. The van der Waals surface area contributed by atoms with Gasteiger partial charge in [-0.2, -0.15) is 0 Å². The summed E-state index contributed by atoms with van der Waals surface area (Å²) in [5, 5.41) is 13.6. The average molecular weight is 302 g/mol. The van der Waals surface area contributed by atoms with Crippen LogP contribution in [0.2, 0.25) is 0 Å². The molecular weight excluding hydrogens is 282 g/mol. The van der Waals surface area contributed by atoms with E-state index >= 15 is 0 Å². The maximum absolute atomic E-state index is 10.4. The monoisotopic (exact) mass is 301 g/mol. The summed E-state index contributed by atoms with van der Waals surface area (Å²) in [7, 11) is 3.47. The Balaban J connectivity index is 3.08. The predicted octanol–water partition coefficient (Wildman–Crippen LogP) is 2.74. The second-order valence-corrected chi connectivity index (χ2v) is 5.31. The number of nitrogens with one attached hydrogen (secondary N) is 1. The van der Waals surface area contributed by atoms with Crippen LogP contribution < -0.4 is 10.1 Å². The summed E-state index contributed by atoms with van der Waals surface area (Å²) >= 11 is 3.41. The second kappa shape index (κ2) is 6.38. The van der Waals surface area contributed by atoms with Gasteiger partial charge in [0, 0.05) is 16.1 Å². The van der Waals surface area contributed by atoms with E-state index in [0.717, 1.165) is 10.0 Å². The third-order valence-corrected chi connectivity index (χ3v) is 3.40. The highest BCUT2D eigenvalue weighted by Crippen LogP contribution is 2.31. The Bertz CT molecular complexity index is 368. The first-order chi connectivity index (χ1) is 8.01. The van der Waals surface area contributed by atoms with Crippen molar-refractivity contribution >= 4 is 15.9 Å². The van der Waals surface area contributed by atoms with Gasteiger partial charge < -0.3 is 15.2 Å². The lowest BCUT2D eigenvalue weighted by atomic mass is 9.93. The van der Waals surface area contributed by atoms with Crippen LogP contribution in [0.3, 0.4) is 0 Å². The lowest BCUT2D eigenvalue weighted by Crippen LogP contribution is -2.36. The number of aliphatic hydroxyl groups excluding tert-OH is 1. The summed E-state index contributed by atoms with van der Waals surface area (Å²) in [6.07, 6.45) is -0.590. The van der Waals surface area contributed by atoms with Crippen molar-refractivity contribution in [1.29, 1.82) is 0 Å². The van der Waals surface area contributed by atoms with E-state index in [1.807, 2.05) is 25.2 Å². The van der Waals surface area contributed by atoms with Crippen molar-refractivity contribution in [1.82, 2.24) is 5.32 Å². The quantitative estimate of drug-likeness (QED) is 0.879. The number of hydrogen-bond acceptors (Lipinski definition) is 3. The fraction of sp³-hybridized carbons (Fsp3) is 0.538. The van der Waals surface area contributed by atoms with Gasteiger partial charge >= 0.3 is 0 Å². The number of halogens is 1. The summed E-state index contributed by atoms with van der Waals surface area (Å²) in [5.41, 5.74) is 0.801. The summed E-state index contributed by atoms with van der Waals surface area (Å²) in [6.45, 7) is 4.16. The molecule has 0 aliphatic heterocycles. The Labute approximate surface area is 111 Å². The number of ether oxygens (including phenoxy) is 1. The van der Waals surface area contributed by atoms with Gasteiger partial charge in [0.2, 0.25) is 0 Å². The SMILES string of the molecule is CNC(C(C)C)C(O)c1cc(Br)ccc1OC. The number of aliphatic hydroxyl groups is 1. The fourth-order valence-electron chi connectivity index (χ4n) is 1.99. The smallest absolute Gasteiger partial charge is 0.124 e. The van der Waals surface area contributed by atoms with E-state index in [-0.39, 0.29) is 6.04 Å². The molecular formula is C13H20BrNO2. The van der Waals surface area contributed by atoms with E-state index in [4.69, 9.17) is 4.74 Å². The number of hydrogen-bond donors (Lipinski definition) is 2. The van der Waals surface area contributed by atoms with Crippen molar-refractivity contribution in [2.24, 2.45) is 5.92 Å². The molecule has 1 aromatic carbocycles. The average Bonchev–Trinajstić information content (AvgIpc) is 2.29. The normalized spacial score (nSPS) is 14.8. The summed E-state index contributed by atoms with van der Waals surface area (Å²) in [4.78, 5) is 0. The molecule has 2 N–H and O–H groups in total. The van der Waals surface area contributed by atoms with Crippen LogP contribution in [0.4, 0.5) is 0 Å². The van der Waals surface area contributed by atoms with E-state index < -0.39 is 6.10 Å². The molecule has 96 valence electrons. The first-order valence-corrected chi connectivity index (χ1v) is 6.49. The first-order valence-electron chi connectivity index (χ1n) is 5.70. The Hall–Kier alpha value is -0.580. The Kier molecular flexibility index (Phi) is 5.43. The van der Waals surface area contributed by atoms with Crippen LogP contribution in [0.15, 0.2) is 22.7 Å².